The fraction of sp³-hybridized carbons (Fsp3) is 0.348. The number of hydrogen-bond donors (Lipinski definition) is 0. The minimum Gasteiger partial charge on any atom is -0.491 e. The van der Waals surface area contributed by atoms with Gasteiger partial charge < -0.3 is 19.1 Å². The number of anilines is 1. The molecule has 0 amide bonds. The van der Waals surface area contributed by atoms with Gasteiger partial charge in [-0.3, -0.25) is 0 Å². The van der Waals surface area contributed by atoms with Crippen LogP contribution in [0.4, 0.5) is 5.69 Å². The Morgan fingerprint density at radius 2 is 1.57 bits per heavy atom. The third-order valence-corrected chi connectivity index (χ3v) is 4.41. The Morgan fingerprint density at radius 3 is 2.32 bits per heavy atom. The van der Waals surface area contributed by atoms with Crippen LogP contribution in [0, 0.1) is 0 Å². The lowest BCUT2D eigenvalue weighted by molar-refractivity contribution is 0.0405. The van der Waals surface area contributed by atoms with E-state index in [4.69, 9.17) is 19.2 Å². The monoisotopic (exact) mass is 380 g/mol. The van der Waals surface area contributed by atoms with E-state index in [1.807, 2.05) is 45.3 Å². The van der Waals surface area contributed by atoms with Crippen molar-refractivity contribution in [2.24, 2.45) is 0 Å². The fourth-order valence-electron chi connectivity index (χ4n) is 2.87. The first-order valence-electron chi connectivity index (χ1n) is 9.64. The van der Waals surface area contributed by atoms with Gasteiger partial charge in [0.1, 0.15) is 12.4 Å². The first-order chi connectivity index (χ1) is 13.7. The number of hydrogen-bond acceptors (Lipinski definition) is 5. The van der Waals surface area contributed by atoms with Crippen LogP contribution in [0.3, 0.4) is 0 Å². The molecule has 0 aliphatic rings. The van der Waals surface area contributed by atoms with E-state index in [2.05, 4.69) is 35.2 Å². The summed E-state index contributed by atoms with van der Waals surface area (Å²) in [7, 11) is 4.08. The van der Waals surface area contributed by atoms with Crippen LogP contribution in [-0.4, -0.2) is 52.1 Å². The highest BCUT2D eigenvalue weighted by atomic mass is 16.5. The first kappa shape index (κ1) is 20.1. The second kappa shape index (κ2) is 10.1. The Bertz CT molecular complexity index is 879. The molecular weight excluding hydrogens is 352 g/mol. The van der Waals surface area contributed by atoms with Crippen molar-refractivity contribution in [2.75, 3.05) is 52.0 Å². The van der Waals surface area contributed by atoms with Crippen molar-refractivity contribution in [2.45, 2.75) is 6.92 Å². The number of ether oxygens (including phenoxy) is 3. The van der Waals surface area contributed by atoms with E-state index >= 15 is 0 Å². The third-order valence-electron chi connectivity index (χ3n) is 4.41. The van der Waals surface area contributed by atoms with E-state index in [-0.39, 0.29) is 0 Å². The molecule has 3 aromatic rings. The zero-order chi connectivity index (χ0) is 19.8. The summed E-state index contributed by atoms with van der Waals surface area (Å²) in [5, 5.41) is 1.06. The van der Waals surface area contributed by atoms with Crippen LogP contribution < -0.4 is 9.64 Å². The SMILES string of the molecule is CCOCCOCCOc1ccc2nc(-c3ccc(N(C)C)cc3)ccc2c1. The predicted molar refractivity (Wildman–Crippen MR) is 114 cm³/mol. The molecule has 2 aromatic carbocycles. The Kier molecular flexibility index (Phi) is 7.23. The van der Waals surface area contributed by atoms with Crippen molar-refractivity contribution in [1.29, 1.82) is 0 Å². The lowest BCUT2D eigenvalue weighted by Crippen LogP contribution is -2.10. The maximum atomic E-state index is 5.77. The van der Waals surface area contributed by atoms with Crippen molar-refractivity contribution in [3.05, 3.63) is 54.6 Å². The number of pyridine rings is 1. The smallest absolute Gasteiger partial charge is 0.120 e. The number of aromatic nitrogens is 1. The van der Waals surface area contributed by atoms with Gasteiger partial charge in [0.15, 0.2) is 0 Å². The van der Waals surface area contributed by atoms with E-state index in [0.717, 1.165) is 27.9 Å². The normalized spacial score (nSPS) is 11.0. The third kappa shape index (κ3) is 5.44. The van der Waals surface area contributed by atoms with Crippen LogP contribution in [-0.2, 0) is 9.47 Å². The van der Waals surface area contributed by atoms with Gasteiger partial charge in [-0.05, 0) is 43.3 Å². The van der Waals surface area contributed by atoms with E-state index in [0.29, 0.717) is 33.0 Å². The largest absolute Gasteiger partial charge is 0.491 e. The molecule has 0 aliphatic carbocycles. The number of fused-ring (bicyclic) bond motifs is 1. The molecule has 0 spiro atoms. The van der Waals surface area contributed by atoms with Crippen LogP contribution in [0.15, 0.2) is 54.6 Å². The summed E-state index contributed by atoms with van der Waals surface area (Å²) in [5.41, 5.74) is 4.20. The Hall–Kier alpha value is -2.63. The maximum Gasteiger partial charge on any atom is 0.120 e. The van der Waals surface area contributed by atoms with Crippen LogP contribution >= 0.6 is 0 Å². The van der Waals surface area contributed by atoms with Gasteiger partial charge in [-0.2, -0.15) is 0 Å². The Balaban J connectivity index is 1.60. The molecule has 3 rings (SSSR count). The molecule has 1 heterocycles. The topological polar surface area (TPSA) is 43.8 Å². The maximum absolute atomic E-state index is 5.77. The molecule has 0 saturated heterocycles. The second-order valence-electron chi connectivity index (χ2n) is 6.65. The summed E-state index contributed by atoms with van der Waals surface area (Å²) in [5.74, 6) is 0.825. The molecular formula is C23H28N2O3. The quantitative estimate of drug-likeness (QED) is 0.488. The average molecular weight is 380 g/mol. The van der Waals surface area contributed by atoms with Gasteiger partial charge in [0, 0.05) is 37.3 Å². The Morgan fingerprint density at radius 1 is 0.821 bits per heavy atom. The summed E-state index contributed by atoms with van der Waals surface area (Å²) < 4.78 is 16.5. The molecule has 5 nitrogen and oxygen atoms in total. The molecule has 0 bridgehead atoms. The molecule has 0 aliphatic heterocycles. The molecule has 0 atom stereocenters. The van der Waals surface area contributed by atoms with Crippen LogP contribution in [0.25, 0.3) is 22.2 Å². The van der Waals surface area contributed by atoms with Gasteiger partial charge in [-0.25, -0.2) is 4.98 Å². The molecule has 0 fully saturated rings. The fourth-order valence-corrected chi connectivity index (χ4v) is 2.87. The molecule has 0 unspecified atom stereocenters. The molecule has 0 radical (unpaired) electrons. The van der Waals surface area contributed by atoms with Crippen LogP contribution in [0.5, 0.6) is 5.75 Å². The van der Waals surface area contributed by atoms with Crippen molar-refractivity contribution < 1.29 is 14.2 Å². The predicted octanol–water partition coefficient (Wildman–Crippen LogP) is 4.40. The van der Waals surface area contributed by atoms with Crippen LogP contribution in [0.1, 0.15) is 6.92 Å². The standard InChI is InChI=1S/C23H28N2O3/c1-4-26-13-14-27-15-16-28-21-10-12-23-19(17-21)7-11-22(24-23)18-5-8-20(9-6-18)25(2)3/h5-12,17H,4,13-16H2,1-3H3. The lowest BCUT2D eigenvalue weighted by Gasteiger charge is -2.12. The first-order valence-corrected chi connectivity index (χ1v) is 9.64. The van der Waals surface area contributed by atoms with Crippen molar-refractivity contribution >= 4 is 16.6 Å². The molecule has 5 heteroatoms. The van der Waals surface area contributed by atoms with E-state index < -0.39 is 0 Å². The van der Waals surface area contributed by atoms with Crippen LogP contribution in [0.2, 0.25) is 0 Å². The number of rotatable bonds is 10. The van der Waals surface area contributed by atoms with Gasteiger partial charge in [-0.15, -0.1) is 0 Å². The summed E-state index contributed by atoms with van der Waals surface area (Å²) in [6.07, 6.45) is 0. The zero-order valence-corrected chi connectivity index (χ0v) is 16.9. The molecule has 0 saturated carbocycles. The van der Waals surface area contributed by atoms with Crippen molar-refractivity contribution in [1.82, 2.24) is 4.98 Å². The lowest BCUT2D eigenvalue weighted by atomic mass is 10.1. The van der Waals surface area contributed by atoms with E-state index in [9.17, 15) is 0 Å². The Labute approximate surface area is 166 Å². The second-order valence-corrected chi connectivity index (χ2v) is 6.65. The zero-order valence-electron chi connectivity index (χ0n) is 16.9. The average Bonchev–Trinajstić information content (AvgIpc) is 2.72. The summed E-state index contributed by atoms with van der Waals surface area (Å²) in [4.78, 5) is 6.88. The van der Waals surface area contributed by atoms with Gasteiger partial charge in [-0.1, -0.05) is 18.2 Å². The van der Waals surface area contributed by atoms with Gasteiger partial charge in [0.05, 0.1) is 31.0 Å². The summed E-state index contributed by atoms with van der Waals surface area (Å²) in [6.45, 7) is 4.97. The minimum absolute atomic E-state index is 0.515. The minimum atomic E-state index is 0.515. The molecule has 1 aromatic heterocycles. The highest BCUT2D eigenvalue weighted by molar-refractivity contribution is 5.83. The highest BCUT2D eigenvalue weighted by Crippen LogP contribution is 2.25. The van der Waals surface area contributed by atoms with Crippen molar-refractivity contribution in [3.63, 3.8) is 0 Å². The molecule has 0 N–H and O–H groups in total. The summed E-state index contributed by atoms with van der Waals surface area (Å²) >= 11 is 0. The molecule has 148 valence electrons. The highest BCUT2D eigenvalue weighted by Gasteiger charge is 2.04. The van der Waals surface area contributed by atoms with E-state index in [1.165, 1.54) is 5.69 Å². The summed E-state index contributed by atoms with van der Waals surface area (Å²) in [6, 6.07) is 18.5. The molecule has 28 heavy (non-hydrogen) atoms. The van der Waals surface area contributed by atoms with Gasteiger partial charge in [0.2, 0.25) is 0 Å². The van der Waals surface area contributed by atoms with Gasteiger partial charge in [0.25, 0.3) is 0 Å². The number of benzene rings is 2. The van der Waals surface area contributed by atoms with E-state index in [1.54, 1.807) is 0 Å². The number of nitrogens with zero attached hydrogens (tertiary/aromatic N) is 2. The van der Waals surface area contributed by atoms with Gasteiger partial charge >= 0.3 is 0 Å². The van der Waals surface area contributed by atoms with Crippen molar-refractivity contribution in [3.8, 4) is 17.0 Å².